The Morgan fingerprint density at radius 1 is 1.41 bits per heavy atom. The number of hydrogen-bond donors (Lipinski definition) is 2. The van der Waals surface area contributed by atoms with Crippen LogP contribution >= 0.6 is 0 Å². The number of nitrogens with one attached hydrogen (secondary N) is 1. The monoisotopic (exact) mass is 235 g/mol. The van der Waals surface area contributed by atoms with Crippen molar-refractivity contribution in [2.45, 2.75) is 38.6 Å². The Morgan fingerprint density at radius 2 is 2.24 bits per heavy atom. The molecule has 3 nitrogen and oxygen atoms in total. The fourth-order valence-electron chi connectivity index (χ4n) is 2.46. The van der Waals surface area contributed by atoms with Crippen LogP contribution in [0.25, 0.3) is 0 Å². The molecule has 1 fully saturated rings. The lowest BCUT2D eigenvalue weighted by Crippen LogP contribution is -2.35. The van der Waals surface area contributed by atoms with Crippen molar-refractivity contribution in [3.8, 4) is 11.5 Å². The van der Waals surface area contributed by atoms with Crippen LogP contribution in [0.4, 0.5) is 0 Å². The number of aryl methyl sites for hydroxylation is 1. The van der Waals surface area contributed by atoms with Crippen molar-refractivity contribution < 1.29 is 9.84 Å². The van der Waals surface area contributed by atoms with Gasteiger partial charge in [-0.1, -0.05) is 6.42 Å². The van der Waals surface area contributed by atoms with Gasteiger partial charge in [-0.25, -0.2) is 0 Å². The highest BCUT2D eigenvalue weighted by molar-refractivity contribution is 5.46. The molecule has 1 aliphatic rings. The first-order chi connectivity index (χ1) is 8.20. The van der Waals surface area contributed by atoms with Crippen LogP contribution in [0, 0.1) is 6.92 Å². The first kappa shape index (κ1) is 12.2. The summed E-state index contributed by atoms with van der Waals surface area (Å²) in [5.41, 5.74) is 2.40. The highest BCUT2D eigenvalue weighted by Gasteiger charge is 2.15. The van der Waals surface area contributed by atoms with Gasteiger partial charge in [-0.15, -0.1) is 0 Å². The molecule has 0 spiro atoms. The van der Waals surface area contributed by atoms with Crippen molar-refractivity contribution in [1.82, 2.24) is 5.32 Å². The maximum absolute atomic E-state index is 9.80. The lowest BCUT2D eigenvalue weighted by Gasteiger charge is -2.24. The molecule has 0 bridgehead atoms. The molecular formula is C14H21NO2. The Kier molecular flexibility index (Phi) is 3.89. The van der Waals surface area contributed by atoms with Crippen LogP contribution in [0.15, 0.2) is 12.1 Å². The van der Waals surface area contributed by atoms with E-state index in [2.05, 4.69) is 12.2 Å². The van der Waals surface area contributed by atoms with Crippen LogP contribution in [0.1, 0.15) is 30.4 Å². The third-order valence-electron chi connectivity index (χ3n) is 3.52. The zero-order valence-electron chi connectivity index (χ0n) is 10.6. The SMILES string of the molecule is COc1cc(C)c(CC2CCCCN2)cc1O. The highest BCUT2D eigenvalue weighted by atomic mass is 16.5. The number of phenols is 1. The number of benzene rings is 1. The Balaban J connectivity index is 2.12. The minimum Gasteiger partial charge on any atom is -0.504 e. The van der Waals surface area contributed by atoms with Gasteiger partial charge in [0.25, 0.3) is 0 Å². The first-order valence-corrected chi connectivity index (χ1v) is 6.30. The Labute approximate surface area is 103 Å². The molecule has 94 valence electrons. The molecule has 2 N–H and O–H groups in total. The lowest BCUT2D eigenvalue weighted by atomic mass is 9.95. The number of rotatable bonds is 3. The molecule has 0 saturated carbocycles. The van der Waals surface area contributed by atoms with Crippen LogP contribution in [0.5, 0.6) is 11.5 Å². The molecule has 17 heavy (non-hydrogen) atoms. The van der Waals surface area contributed by atoms with E-state index in [0.29, 0.717) is 11.8 Å². The van der Waals surface area contributed by atoms with Gasteiger partial charge in [-0.3, -0.25) is 0 Å². The highest BCUT2D eigenvalue weighted by Crippen LogP contribution is 2.30. The standard InChI is InChI=1S/C14H21NO2/c1-10-7-14(17-2)13(16)9-11(10)8-12-5-3-4-6-15-12/h7,9,12,15-16H,3-6,8H2,1-2H3. The van der Waals surface area contributed by atoms with E-state index in [-0.39, 0.29) is 5.75 Å². The van der Waals surface area contributed by atoms with Gasteiger partial charge < -0.3 is 15.2 Å². The molecule has 2 rings (SSSR count). The second kappa shape index (κ2) is 5.41. The lowest BCUT2D eigenvalue weighted by molar-refractivity contribution is 0.371. The van der Waals surface area contributed by atoms with E-state index in [1.165, 1.54) is 30.4 Å². The fourth-order valence-corrected chi connectivity index (χ4v) is 2.46. The van der Waals surface area contributed by atoms with E-state index < -0.39 is 0 Å². The molecule has 3 heteroatoms. The summed E-state index contributed by atoms with van der Waals surface area (Å²) in [5.74, 6) is 0.798. The topological polar surface area (TPSA) is 41.5 Å². The summed E-state index contributed by atoms with van der Waals surface area (Å²) in [6.45, 7) is 3.19. The summed E-state index contributed by atoms with van der Waals surface area (Å²) < 4.78 is 5.11. The van der Waals surface area contributed by atoms with E-state index in [0.717, 1.165) is 13.0 Å². The summed E-state index contributed by atoms with van der Waals surface area (Å²) in [7, 11) is 1.58. The van der Waals surface area contributed by atoms with Gasteiger partial charge >= 0.3 is 0 Å². The predicted octanol–water partition coefficient (Wildman–Crippen LogP) is 2.39. The van der Waals surface area contributed by atoms with Gasteiger partial charge in [0.05, 0.1) is 7.11 Å². The third-order valence-corrected chi connectivity index (χ3v) is 3.52. The molecule has 1 aromatic carbocycles. The van der Waals surface area contributed by atoms with E-state index in [1.54, 1.807) is 7.11 Å². The van der Waals surface area contributed by atoms with Gasteiger partial charge in [0, 0.05) is 6.04 Å². The zero-order chi connectivity index (χ0) is 12.3. The van der Waals surface area contributed by atoms with Crippen molar-refractivity contribution in [3.63, 3.8) is 0 Å². The zero-order valence-corrected chi connectivity index (χ0v) is 10.6. The van der Waals surface area contributed by atoms with E-state index in [4.69, 9.17) is 4.74 Å². The quantitative estimate of drug-likeness (QED) is 0.845. The first-order valence-electron chi connectivity index (χ1n) is 6.30. The average molecular weight is 235 g/mol. The summed E-state index contributed by atoms with van der Waals surface area (Å²) in [4.78, 5) is 0. The van der Waals surface area contributed by atoms with Crippen LogP contribution in [0.3, 0.4) is 0 Å². The molecule has 1 atom stereocenters. The number of ether oxygens (including phenoxy) is 1. The van der Waals surface area contributed by atoms with Gasteiger partial charge in [0.2, 0.25) is 0 Å². The number of methoxy groups -OCH3 is 1. The molecule has 1 heterocycles. The average Bonchev–Trinajstić information content (AvgIpc) is 2.34. The summed E-state index contributed by atoms with van der Waals surface area (Å²) in [6.07, 6.45) is 4.80. The molecular weight excluding hydrogens is 214 g/mol. The normalized spacial score (nSPS) is 20.2. The molecule has 1 aliphatic heterocycles. The number of phenolic OH excluding ortho intramolecular Hbond substituents is 1. The number of aromatic hydroxyl groups is 1. The largest absolute Gasteiger partial charge is 0.504 e. The third kappa shape index (κ3) is 2.91. The van der Waals surface area contributed by atoms with E-state index in [9.17, 15) is 5.11 Å². The van der Waals surface area contributed by atoms with Crippen LogP contribution in [-0.4, -0.2) is 24.8 Å². The minimum absolute atomic E-state index is 0.240. The van der Waals surface area contributed by atoms with E-state index >= 15 is 0 Å². The van der Waals surface area contributed by atoms with Crippen LogP contribution < -0.4 is 10.1 Å². The second-order valence-electron chi connectivity index (χ2n) is 4.80. The number of piperidine rings is 1. The van der Waals surface area contributed by atoms with Crippen molar-refractivity contribution in [3.05, 3.63) is 23.3 Å². The molecule has 0 radical (unpaired) electrons. The summed E-state index contributed by atoms with van der Waals surface area (Å²) in [5, 5.41) is 13.3. The maximum atomic E-state index is 9.80. The van der Waals surface area contributed by atoms with Gasteiger partial charge in [-0.05, 0) is 56.0 Å². The van der Waals surface area contributed by atoms with Crippen molar-refractivity contribution in [2.75, 3.05) is 13.7 Å². The Bertz CT molecular complexity index is 384. The molecule has 1 saturated heterocycles. The molecule has 0 aromatic heterocycles. The molecule has 0 amide bonds. The number of hydrogen-bond acceptors (Lipinski definition) is 3. The van der Waals surface area contributed by atoms with Crippen molar-refractivity contribution in [1.29, 1.82) is 0 Å². The fraction of sp³-hybridized carbons (Fsp3) is 0.571. The second-order valence-corrected chi connectivity index (χ2v) is 4.80. The van der Waals surface area contributed by atoms with Gasteiger partial charge in [0.15, 0.2) is 11.5 Å². The van der Waals surface area contributed by atoms with E-state index in [1.807, 2.05) is 12.1 Å². The molecule has 1 unspecified atom stereocenters. The van der Waals surface area contributed by atoms with Crippen LogP contribution in [0.2, 0.25) is 0 Å². The van der Waals surface area contributed by atoms with Crippen molar-refractivity contribution >= 4 is 0 Å². The van der Waals surface area contributed by atoms with Gasteiger partial charge in [-0.2, -0.15) is 0 Å². The molecule has 1 aromatic rings. The molecule has 0 aliphatic carbocycles. The maximum Gasteiger partial charge on any atom is 0.160 e. The smallest absolute Gasteiger partial charge is 0.160 e. The Morgan fingerprint density at radius 3 is 2.88 bits per heavy atom. The van der Waals surface area contributed by atoms with Gasteiger partial charge in [0.1, 0.15) is 0 Å². The summed E-state index contributed by atoms with van der Waals surface area (Å²) >= 11 is 0. The summed E-state index contributed by atoms with van der Waals surface area (Å²) in [6, 6.07) is 4.30. The van der Waals surface area contributed by atoms with Crippen molar-refractivity contribution in [2.24, 2.45) is 0 Å². The predicted molar refractivity (Wildman–Crippen MR) is 68.7 cm³/mol. The van der Waals surface area contributed by atoms with Crippen LogP contribution in [-0.2, 0) is 6.42 Å². The minimum atomic E-state index is 0.240. The Hall–Kier alpha value is -1.22.